The Morgan fingerprint density at radius 3 is 2.54 bits per heavy atom. The third kappa shape index (κ3) is 3.58. The van der Waals surface area contributed by atoms with Gasteiger partial charge in [-0.2, -0.15) is 0 Å². The summed E-state index contributed by atoms with van der Waals surface area (Å²) in [5.74, 6) is -1.01. The number of benzene rings is 1. The highest BCUT2D eigenvalue weighted by atomic mass is 19.4. The van der Waals surface area contributed by atoms with Gasteiger partial charge < -0.3 is 15.0 Å². The highest BCUT2D eigenvalue weighted by Crippen LogP contribution is 2.24. The topological polar surface area (TPSA) is 71.2 Å². The van der Waals surface area contributed by atoms with E-state index in [0.717, 1.165) is 42.7 Å². The van der Waals surface area contributed by atoms with Crippen molar-refractivity contribution >= 4 is 11.6 Å². The number of carbonyl (C=O) groups excluding carboxylic acids is 1. The molecule has 126 valence electrons. The van der Waals surface area contributed by atoms with E-state index in [2.05, 4.69) is 15.0 Å². The number of pyridine rings is 1. The minimum atomic E-state index is -4.78. The van der Waals surface area contributed by atoms with Gasteiger partial charge in [0, 0.05) is 11.4 Å². The number of hydrogen-bond acceptors (Lipinski definition) is 3. The molecule has 0 bridgehead atoms. The predicted octanol–water partition coefficient (Wildman–Crippen LogP) is 3.01. The zero-order chi connectivity index (χ0) is 17.3. The summed E-state index contributed by atoms with van der Waals surface area (Å²) in [5, 5.41) is 2.48. The lowest BCUT2D eigenvalue weighted by Crippen LogP contribution is -2.24. The first-order chi connectivity index (χ1) is 11.3. The van der Waals surface area contributed by atoms with Crippen LogP contribution < -0.4 is 15.6 Å². The fourth-order valence-electron chi connectivity index (χ4n) is 2.62. The van der Waals surface area contributed by atoms with Crippen LogP contribution in [0.4, 0.5) is 18.9 Å². The Bertz CT molecular complexity index is 826. The Kier molecular flexibility index (Phi) is 4.04. The lowest BCUT2D eigenvalue weighted by Gasteiger charge is -2.10. The van der Waals surface area contributed by atoms with Crippen molar-refractivity contribution in [3.63, 3.8) is 0 Å². The highest BCUT2D eigenvalue weighted by Gasteiger charge is 2.31. The molecule has 1 aromatic heterocycles. The molecule has 2 aromatic rings. The van der Waals surface area contributed by atoms with Crippen LogP contribution in [0.25, 0.3) is 0 Å². The van der Waals surface area contributed by atoms with Gasteiger partial charge in [-0.1, -0.05) is 0 Å². The summed E-state index contributed by atoms with van der Waals surface area (Å²) in [6, 6.07) is 6.25. The normalized spacial score (nSPS) is 13.5. The molecule has 1 aliphatic rings. The standard InChI is InChI=1S/C16H13F3N2O3/c17-16(18,19)24-11-6-4-10(5-7-11)20-14(22)12-8-9-2-1-3-13(9)21-15(12)23/h4-8H,1-3H2,(H,20,22)(H,21,23). The lowest BCUT2D eigenvalue weighted by molar-refractivity contribution is -0.274. The Labute approximate surface area is 134 Å². The van der Waals surface area contributed by atoms with Crippen LogP contribution in [0.1, 0.15) is 28.0 Å². The van der Waals surface area contributed by atoms with Crippen molar-refractivity contribution in [3.8, 4) is 5.75 Å². The van der Waals surface area contributed by atoms with Crippen molar-refractivity contribution in [2.75, 3.05) is 5.32 Å². The summed E-state index contributed by atoms with van der Waals surface area (Å²) in [5.41, 5.74) is 1.55. The number of fused-ring (bicyclic) bond motifs is 1. The monoisotopic (exact) mass is 338 g/mol. The lowest BCUT2D eigenvalue weighted by atomic mass is 10.1. The third-order valence-electron chi connectivity index (χ3n) is 3.68. The van der Waals surface area contributed by atoms with Crippen LogP contribution in [-0.4, -0.2) is 17.3 Å². The van der Waals surface area contributed by atoms with Crippen molar-refractivity contribution in [1.29, 1.82) is 0 Å². The fraction of sp³-hybridized carbons (Fsp3) is 0.250. The summed E-state index contributed by atoms with van der Waals surface area (Å²) in [6.45, 7) is 0. The maximum absolute atomic E-state index is 12.2. The molecular formula is C16H13F3N2O3. The van der Waals surface area contributed by atoms with Crippen molar-refractivity contribution < 1.29 is 22.7 Å². The number of rotatable bonds is 3. The van der Waals surface area contributed by atoms with Gasteiger partial charge in [0.25, 0.3) is 11.5 Å². The van der Waals surface area contributed by atoms with Crippen LogP contribution in [0.15, 0.2) is 35.1 Å². The van der Waals surface area contributed by atoms with Gasteiger partial charge in [-0.15, -0.1) is 13.2 Å². The van der Waals surface area contributed by atoms with Gasteiger partial charge in [-0.25, -0.2) is 0 Å². The number of carbonyl (C=O) groups is 1. The molecule has 0 saturated carbocycles. The molecule has 0 spiro atoms. The molecular weight excluding hydrogens is 325 g/mol. The van der Waals surface area contributed by atoms with Gasteiger partial charge in [-0.3, -0.25) is 9.59 Å². The van der Waals surface area contributed by atoms with Crippen LogP contribution in [-0.2, 0) is 12.8 Å². The number of ether oxygens (including phenoxy) is 1. The maximum Gasteiger partial charge on any atom is 0.573 e. The van der Waals surface area contributed by atoms with E-state index in [0.29, 0.717) is 0 Å². The molecule has 8 heteroatoms. The molecule has 0 radical (unpaired) electrons. The van der Waals surface area contributed by atoms with Crippen molar-refractivity contribution in [1.82, 2.24) is 4.98 Å². The van der Waals surface area contributed by atoms with Gasteiger partial charge in [0.05, 0.1) is 0 Å². The summed E-state index contributed by atoms with van der Waals surface area (Å²) in [4.78, 5) is 26.9. The molecule has 24 heavy (non-hydrogen) atoms. The molecule has 3 rings (SSSR count). The molecule has 1 heterocycles. The van der Waals surface area contributed by atoms with E-state index in [1.807, 2.05) is 0 Å². The second-order valence-corrected chi connectivity index (χ2v) is 5.40. The van der Waals surface area contributed by atoms with Gasteiger partial charge in [0.2, 0.25) is 0 Å². The second-order valence-electron chi connectivity index (χ2n) is 5.40. The van der Waals surface area contributed by atoms with Gasteiger partial charge >= 0.3 is 6.36 Å². The predicted molar refractivity (Wildman–Crippen MR) is 80.2 cm³/mol. The minimum Gasteiger partial charge on any atom is -0.406 e. The number of H-pyrrole nitrogens is 1. The summed E-state index contributed by atoms with van der Waals surface area (Å²) in [7, 11) is 0. The average molecular weight is 338 g/mol. The number of aromatic amines is 1. The number of hydrogen-bond donors (Lipinski definition) is 2. The summed E-state index contributed by atoms with van der Waals surface area (Å²) in [6.07, 6.45) is -2.26. The molecule has 1 amide bonds. The molecule has 0 atom stereocenters. The van der Waals surface area contributed by atoms with E-state index in [9.17, 15) is 22.8 Å². The Hall–Kier alpha value is -2.77. The second kappa shape index (κ2) is 6.03. The molecule has 1 aliphatic carbocycles. The quantitative estimate of drug-likeness (QED) is 0.904. The van der Waals surface area contributed by atoms with E-state index in [1.54, 1.807) is 6.07 Å². The largest absolute Gasteiger partial charge is 0.573 e. The molecule has 0 aliphatic heterocycles. The van der Waals surface area contributed by atoms with Gasteiger partial charge in [-0.05, 0) is 55.2 Å². The van der Waals surface area contributed by atoms with Crippen LogP contribution in [0, 0.1) is 0 Å². The number of alkyl halides is 3. The first-order valence-corrected chi connectivity index (χ1v) is 7.24. The van der Waals surface area contributed by atoms with E-state index in [4.69, 9.17) is 0 Å². The fourth-order valence-corrected chi connectivity index (χ4v) is 2.62. The zero-order valence-corrected chi connectivity index (χ0v) is 12.4. The Morgan fingerprint density at radius 1 is 1.17 bits per heavy atom. The highest BCUT2D eigenvalue weighted by molar-refractivity contribution is 6.04. The van der Waals surface area contributed by atoms with Crippen LogP contribution >= 0.6 is 0 Å². The third-order valence-corrected chi connectivity index (χ3v) is 3.68. The number of anilines is 1. The zero-order valence-electron chi connectivity index (χ0n) is 12.4. The van der Waals surface area contributed by atoms with Gasteiger partial charge in [0.1, 0.15) is 11.3 Å². The molecule has 0 fully saturated rings. The van der Waals surface area contributed by atoms with Crippen LogP contribution in [0.2, 0.25) is 0 Å². The van der Waals surface area contributed by atoms with E-state index in [1.165, 1.54) is 12.1 Å². The Morgan fingerprint density at radius 2 is 1.88 bits per heavy atom. The van der Waals surface area contributed by atoms with Crippen LogP contribution in [0.3, 0.4) is 0 Å². The average Bonchev–Trinajstić information content (AvgIpc) is 2.94. The van der Waals surface area contributed by atoms with Gasteiger partial charge in [0.15, 0.2) is 0 Å². The molecule has 2 N–H and O–H groups in total. The number of halogens is 3. The van der Waals surface area contributed by atoms with E-state index >= 15 is 0 Å². The van der Waals surface area contributed by atoms with E-state index in [-0.39, 0.29) is 11.3 Å². The number of amides is 1. The van der Waals surface area contributed by atoms with Crippen LogP contribution in [0.5, 0.6) is 5.75 Å². The number of aromatic nitrogens is 1. The molecule has 1 aromatic carbocycles. The van der Waals surface area contributed by atoms with Crippen molar-refractivity contribution in [2.24, 2.45) is 0 Å². The van der Waals surface area contributed by atoms with E-state index < -0.39 is 23.6 Å². The minimum absolute atomic E-state index is 0.0220. The molecule has 5 nitrogen and oxygen atoms in total. The Balaban J connectivity index is 1.74. The molecule has 0 unspecified atom stereocenters. The number of nitrogens with one attached hydrogen (secondary N) is 2. The first kappa shape index (κ1) is 16.1. The SMILES string of the molecule is O=C(Nc1ccc(OC(F)(F)F)cc1)c1cc2c([nH]c1=O)CCC2. The summed E-state index contributed by atoms with van der Waals surface area (Å²) < 4.78 is 40.0. The van der Waals surface area contributed by atoms with Crippen molar-refractivity contribution in [3.05, 3.63) is 57.5 Å². The number of aryl methyl sites for hydroxylation is 2. The van der Waals surface area contributed by atoms with Crippen molar-refractivity contribution in [2.45, 2.75) is 25.6 Å². The smallest absolute Gasteiger partial charge is 0.406 e. The maximum atomic E-state index is 12.2. The molecule has 0 saturated heterocycles. The summed E-state index contributed by atoms with van der Waals surface area (Å²) >= 11 is 0. The first-order valence-electron chi connectivity index (χ1n) is 7.24.